The fraction of sp³-hybridized carbons (Fsp3) is 0.318. The summed E-state index contributed by atoms with van der Waals surface area (Å²) < 4.78 is 10.5. The normalized spacial score (nSPS) is 11.3. The molecule has 29 heavy (non-hydrogen) atoms. The van der Waals surface area contributed by atoms with Crippen molar-refractivity contribution in [2.45, 2.75) is 40.2 Å². The number of hydrogen-bond acceptors (Lipinski definition) is 6. The molecular formula is C22H25NO5S. The second kappa shape index (κ2) is 9.52. The highest BCUT2D eigenvalue weighted by Gasteiger charge is 2.29. The standard InChI is InChI=1S/C22H25NO5S/c1-6-27-20(25)17-14(2)18(21(26)28-22(3,4)5)29-19(17)23-16(24)13-12-15-10-8-7-9-11-15/h7-13H,6H2,1-5H3,(H,23,24). The Morgan fingerprint density at radius 3 is 2.34 bits per heavy atom. The molecule has 0 atom stereocenters. The van der Waals surface area contributed by atoms with Crippen molar-refractivity contribution in [1.29, 1.82) is 0 Å². The van der Waals surface area contributed by atoms with E-state index < -0.39 is 23.4 Å². The highest BCUT2D eigenvalue weighted by molar-refractivity contribution is 7.18. The number of carbonyl (C=O) groups is 3. The summed E-state index contributed by atoms with van der Waals surface area (Å²) in [5.74, 6) is -1.57. The average molecular weight is 416 g/mol. The van der Waals surface area contributed by atoms with Crippen molar-refractivity contribution < 1.29 is 23.9 Å². The Hall–Kier alpha value is -2.93. The van der Waals surface area contributed by atoms with Gasteiger partial charge < -0.3 is 14.8 Å². The molecule has 0 radical (unpaired) electrons. The van der Waals surface area contributed by atoms with Crippen LogP contribution in [0.5, 0.6) is 0 Å². The molecule has 7 heteroatoms. The van der Waals surface area contributed by atoms with E-state index >= 15 is 0 Å². The molecule has 0 aliphatic carbocycles. The van der Waals surface area contributed by atoms with Gasteiger partial charge in [-0.05, 0) is 51.8 Å². The molecule has 0 aliphatic rings. The summed E-state index contributed by atoms with van der Waals surface area (Å²) >= 11 is 0.998. The van der Waals surface area contributed by atoms with Gasteiger partial charge in [-0.2, -0.15) is 0 Å². The summed E-state index contributed by atoms with van der Waals surface area (Å²) in [5, 5.41) is 2.94. The molecule has 154 valence electrons. The summed E-state index contributed by atoms with van der Waals surface area (Å²) in [4.78, 5) is 37.6. The number of carbonyl (C=O) groups excluding carboxylic acids is 3. The van der Waals surface area contributed by atoms with Crippen LogP contribution < -0.4 is 5.32 Å². The molecule has 0 bridgehead atoms. The number of rotatable bonds is 6. The van der Waals surface area contributed by atoms with E-state index in [1.807, 2.05) is 30.3 Å². The van der Waals surface area contributed by atoms with Crippen LogP contribution in [0.3, 0.4) is 0 Å². The van der Waals surface area contributed by atoms with E-state index in [4.69, 9.17) is 9.47 Å². The van der Waals surface area contributed by atoms with Gasteiger partial charge in [-0.15, -0.1) is 11.3 Å². The first-order valence-electron chi connectivity index (χ1n) is 9.20. The number of esters is 2. The van der Waals surface area contributed by atoms with Crippen molar-refractivity contribution in [3.63, 3.8) is 0 Å². The number of thiophene rings is 1. The Kier molecular flexibility index (Phi) is 7.34. The molecule has 1 heterocycles. The van der Waals surface area contributed by atoms with Gasteiger partial charge >= 0.3 is 11.9 Å². The molecule has 1 amide bonds. The van der Waals surface area contributed by atoms with Gasteiger partial charge in [-0.25, -0.2) is 9.59 Å². The van der Waals surface area contributed by atoms with E-state index in [1.54, 1.807) is 40.7 Å². The Morgan fingerprint density at radius 2 is 1.76 bits per heavy atom. The fourth-order valence-corrected chi connectivity index (χ4v) is 3.53. The van der Waals surface area contributed by atoms with Crippen LogP contribution in [0.4, 0.5) is 5.00 Å². The van der Waals surface area contributed by atoms with Crippen LogP contribution in [0.15, 0.2) is 36.4 Å². The first-order valence-corrected chi connectivity index (χ1v) is 10.0. The van der Waals surface area contributed by atoms with Gasteiger partial charge in [0.2, 0.25) is 5.91 Å². The van der Waals surface area contributed by atoms with Crippen molar-refractivity contribution >= 4 is 40.3 Å². The Labute approximate surface area is 174 Å². The molecule has 0 spiro atoms. The van der Waals surface area contributed by atoms with Crippen LogP contribution in [0.2, 0.25) is 0 Å². The molecule has 1 aromatic carbocycles. The molecule has 2 rings (SSSR count). The monoisotopic (exact) mass is 415 g/mol. The molecule has 1 aromatic heterocycles. The summed E-state index contributed by atoms with van der Waals surface area (Å²) in [7, 11) is 0. The third-order valence-corrected chi connectivity index (χ3v) is 4.86. The number of hydrogen-bond donors (Lipinski definition) is 1. The van der Waals surface area contributed by atoms with Gasteiger partial charge in [0.15, 0.2) is 0 Å². The second-order valence-corrected chi connectivity index (χ2v) is 8.24. The van der Waals surface area contributed by atoms with E-state index in [9.17, 15) is 14.4 Å². The zero-order chi connectivity index (χ0) is 21.6. The van der Waals surface area contributed by atoms with Gasteiger partial charge in [0.1, 0.15) is 15.5 Å². The van der Waals surface area contributed by atoms with E-state index in [0.717, 1.165) is 16.9 Å². The maximum Gasteiger partial charge on any atom is 0.349 e. The van der Waals surface area contributed by atoms with Crippen LogP contribution in [0.1, 0.15) is 58.9 Å². The third kappa shape index (κ3) is 6.29. The predicted molar refractivity (Wildman–Crippen MR) is 114 cm³/mol. The zero-order valence-electron chi connectivity index (χ0n) is 17.2. The minimum atomic E-state index is -0.681. The topological polar surface area (TPSA) is 81.7 Å². The minimum absolute atomic E-state index is 0.166. The minimum Gasteiger partial charge on any atom is -0.462 e. The van der Waals surface area contributed by atoms with Crippen molar-refractivity contribution in [1.82, 2.24) is 0 Å². The third-order valence-electron chi connectivity index (χ3n) is 3.67. The zero-order valence-corrected chi connectivity index (χ0v) is 18.0. The maximum absolute atomic E-state index is 12.5. The van der Waals surface area contributed by atoms with Crippen LogP contribution in [0.25, 0.3) is 6.08 Å². The summed E-state index contributed by atoms with van der Waals surface area (Å²) in [6.07, 6.45) is 3.03. The van der Waals surface area contributed by atoms with E-state index in [0.29, 0.717) is 5.56 Å². The molecule has 2 aromatic rings. The largest absolute Gasteiger partial charge is 0.462 e. The first kappa shape index (κ1) is 22.4. The summed E-state index contributed by atoms with van der Waals surface area (Å²) in [6.45, 7) is 8.79. The van der Waals surface area contributed by atoms with Gasteiger partial charge in [0.25, 0.3) is 0 Å². The lowest BCUT2D eigenvalue weighted by Gasteiger charge is -2.19. The molecule has 0 saturated carbocycles. The molecule has 1 N–H and O–H groups in total. The van der Waals surface area contributed by atoms with Crippen LogP contribution >= 0.6 is 11.3 Å². The molecule has 0 unspecified atom stereocenters. The lowest BCUT2D eigenvalue weighted by Crippen LogP contribution is -2.23. The van der Waals surface area contributed by atoms with Gasteiger partial charge in [-0.1, -0.05) is 30.3 Å². The van der Waals surface area contributed by atoms with E-state index in [2.05, 4.69) is 5.32 Å². The lowest BCUT2D eigenvalue weighted by molar-refractivity contribution is -0.111. The lowest BCUT2D eigenvalue weighted by atomic mass is 10.1. The number of ether oxygens (including phenoxy) is 2. The Bertz CT molecular complexity index is 923. The Morgan fingerprint density at radius 1 is 1.10 bits per heavy atom. The van der Waals surface area contributed by atoms with Crippen LogP contribution in [0, 0.1) is 6.92 Å². The quantitative estimate of drug-likeness (QED) is 0.539. The highest BCUT2D eigenvalue weighted by Crippen LogP contribution is 2.35. The fourth-order valence-electron chi connectivity index (χ4n) is 2.46. The smallest absolute Gasteiger partial charge is 0.349 e. The van der Waals surface area contributed by atoms with Gasteiger partial charge in [0.05, 0.1) is 12.2 Å². The van der Waals surface area contributed by atoms with Crippen LogP contribution in [-0.4, -0.2) is 30.1 Å². The summed E-state index contributed by atoms with van der Waals surface area (Å²) in [5.41, 5.74) is 0.772. The molecule has 0 aliphatic heterocycles. The van der Waals surface area contributed by atoms with Crippen LogP contribution in [-0.2, 0) is 14.3 Å². The predicted octanol–water partition coefficient (Wildman–Crippen LogP) is 4.84. The molecule has 0 fully saturated rings. The maximum atomic E-state index is 12.5. The van der Waals surface area contributed by atoms with Crippen molar-refractivity contribution in [3.05, 3.63) is 58.0 Å². The number of nitrogens with one attached hydrogen (secondary N) is 1. The first-order chi connectivity index (χ1) is 13.6. The number of anilines is 1. The number of benzene rings is 1. The van der Waals surface area contributed by atoms with Gasteiger partial charge in [0, 0.05) is 6.08 Å². The molecular weight excluding hydrogens is 390 g/mol. The Balaban J connectivity index is 2.32. The van der Waals surface area contributed by atoms with E-state index in [1.165, 1.54) is 6.08 Å². The highest BCUT2D eigenvalue weighted by atomic mass is 32.1. The van der Waals surface area contributed by atoms with Crippen molar-refractivity contribution in [3.8, 4) is 0 Å². The summed E-state index contributed by atoms with van der Waals surface area (Å²) in [6, 6.07) is 9.35. The molecule has 0 saturated heterocycles. The number of amides is 1. The second-order valence-electron chi connectivity index (χ2n) is 7.22. The molecule has 6 nitrogen and oxygen atoms in total. The SMILES string of the molecule is CCOC(=O)c1c(NC(=O)C=Cc2ccccc2)sc(C(=O)OC(C)(C)C)c1C. The van der Waals surface area contributed by atoms with Crippen molar-refractivity contribution in [2.75, 3.05) is 11.9 Å². The van der Waals surface area contributed by atoms with Crippen molar-refractivity contribution in [2.24, 2.45) is 0 Å². The average Bonchev–Trinajstić information content (AvgIpc) is 2.96. The van der Waals surface area contributed by atoms with Gasteiger partial charge in [-0.3, -0.25) is 4.79 Å². The van der Waals surface area contributed by atoms with E-state index in [-0.39, 0.29) is 22.0 Å².